The van der Waals surface area contributed by atoms with Crippen LogP contribution in [0.3, 0.4) is 0 Å². The molecule has 0 aliphatic rings. The first-order valence-electron chi connectivity index (χ1n) is 10.5. The fourth-order valence-corrected chi connectivity index (χ4v) is 3.34. The van der Waals surface area contributed by atoms with E-state index in [-0.39, 0.29) is 24.3 Å². The molecule has 0 aromatic heterocycles. The molecule has 2 N–H and O–H groups in total. The summed E-state index contributed by atoms with van der Waals surface area (Å²) in [5.41, 5.74) is 5.17. The molecule has 8 nitrogen and oxygen atoms in total. The minimum Gasteiger partial charge on any atom is -0.332 e. The zero-order valence-electron chi connectivity index (χ0n) is 19.5. The lowest BCUT2D eigenvalue weighted by Crippen LogP contribution is -2.53. The van der Waals surface area contributed by atoms with Crippen molar-refractivity contribution in [1.29, 1.82) is 0 Å². The minimum absolute atomic E-state index is 0.133. The van der Waals surface area contributed by atoms with E-state index < -0.39 is 6.04 Å². The lowest BCUT2D eigenvalue weighted by molar-refractivity contribution is -0.141. The quantitative estimate of drug-likeness (QED) is 0.543. The summed E-state index contributed by atoms with van der Waals surface area (Å²) in [5.74, 6) is -0.854. The molecule has 1 atom stereocenters. The molecule has 0 aliphatic heterocycles. The van der Waals surface area contributed by atoms with E-state index in [9.17, 15) is 14.4 Å². The van der Waals surface area contributed by atoms with Crippen molar-refractivity contribution in [2.24, 2.45) is 0 Å². The summed E-state index contributed by atoms with van der Waals surface area (Å²) in [7, 11) is 8.46. The number of amides is 3. The zero-order valence-corrected chi connectivity index (χ0v) is 19.5. The summed E-state index contributed by atoms with van der Waals surface area (Å²) in [6.07, 6.45) is 0.368. The first-order valence-corrected chi connectivity index (χ1v) is 10.5. The highest BCUT2D eigenvalue weighted by molar-refractivity contribution is 5.97. The van der Waals surface area contributed by atoms with Gasteiger partial charge in [0.15, 0.2) is 0 Å². The summed E-state index contributed by atoms with van der Waals surface area (Å²) in [4.78, 5) is 41.5. The smallest absolute Gasteiger partial charge is 0.257 e. The van der Waals surface area contributed by atoms with Crippen LogP contribution < -0.4 is 10.7 Å². The van der Waals surface area contributed by atoms with Crippen LogP contribution in [-0.2, 0) is 22.6 Å². The zero-order chi connectivity index (χ0) is 23.7. The number of likely N-dealkylation sites (N-methyl/N-ethyl adjacent to an activating group) is 2. The van der Waals surface area contributed by atoms with Crippen molar-refractivity contribution < 1.29 is 14.4 Å². The van der Waals surface area contributed by atoms with Crippen LogP contribution in [0.25, 0.3) is 0 Å². The lowest BCUT2D eigenvalue weighted by atomic mass is 10.0. The highest BCUT2D eigenvalue weighted by Gasteiger charge is 2.29. The maximum atomic E-state index is 13.0. The standard InChI is InChI=1S/C24H33N5O3/c1-25-16-19-12-9-13-20(14-19)24(32)28(4)17-22(30)29(5)21(23(31)26-27(2)3)15-18-10-7-6-8-11-18/h6-14,21,25H,15-17H2,1-5H3,(H,26,31). The molecule has 0 fully saturated rings. The molecule has 8 heteroatoms. The van der Waals surface area contributed by atoms with Gasteiger partial charge in [-0.3, -0.25) is 19.8 Å². The Hall–Kier alpha value is -3.23. The predicted octanol–water partition coefficient (Wildman–Crippen LogP) is 1.14. The highest BCUT2D eigenvalue weighted by Crippen LogP contribution is 2.11. The summed E-state index contributed by atoms with van der Waals surface area (Å²) in [5, 5.41) is 4.60. The van der Waals surface area contributed by atoms with Gasteiger partial charge < -0.3 is 15.1 Å². The van der Waals surface area contributed by atoms with Crippen LogP contribution in [0, 0.1) is 0 Å². The number of nitrogens with zero attached hydrogens (tertiary/aromatic N) is 3. The van der Waals surface area contributed by atoms with Crippen molar-refractivity contribution in [3.8, 4) is 0 Å². The first-order chi connectivity index (χ1) is 15.2. The number of benzene rings is 2. The summed E-state index contributed by atoms with van der Waals surface area (Å²) >= 11 is 0. The third kappa shape index (κ3) is 7.18. The minimum atomic E-state index is -0.713. The van der Waals surface area contributed by atoms with Gasteiger partial charge >= 0.3 is 0 Å². The second-order valence-electron chi connectivity index (χ2n) is 7.97. The van der Waals surface area contributed by atoms with Gasteiger partial charge in [-0.15, -0.1) is 0 Å². The van der Waals surface area contributed by atoms with Crippen LogP contribution in [0.15, 0.2) is 54.6 Å². The largest absolute Gasteiger partial charge is 0.332 e. The van der Waals surface area contributed by atoms with Crippen LogP contribution in [0.1, 0.15) is 21.5 Å². The number of carbonyl (C=O) groups excluding carboxylic acids is 3. The number of hydrogen-bond acceptors (Lipinski definition) is 5. The molecule has 2 rings (SSSR count). The van der Waals surface area contributed by atoms with Crippen molar-refractivity contribution in [3.05, 3.63) is 71.3 Å². The third-order valence-corrected chi connectivity index (χ3v) is 5.04. The second-order valence-corrected chi connectivity index (χ2v) is 7.97. The Bertz CT molecular complexity index is 917. The van der Waals surface area contributed by atoms with Crippen molar-refractivity contribution in [2.45, 2.75) is 19.0 Å². The van der Waals surface area contributed by atoms with E-state index in [0.29, 0.717) is 18.5 Å². The maximum absolute atomic E-state index is 13.0. The normalized spacial score (nSPS) is 11.7. The molecule has 0 saturated heterocycles. The highest BCUT2D eigenvalue weighted by atomic mass is 16.2. The molecule has 2 aromatic carbocycles. The average molecular weight is 440 g/mol. The number of rotatable bonds is 10. The maximum Gasteiger partial charge on any atom is 0.257 e. The first kappa shape index (κ1) is 25.0. The monoisotopic (exact) mass is 439 g/mol. The number of hydrazine groups is 1. The van der Waals surface area contributed by atoms with Crippen LogP contribution in [0.5, 0.6) is 0 Å². The van der Waals surface area contributed by atoms with Crippen LogP contribution >= 0.6 is 0 Å². The Balaban J connectivity index is 2.12. The van der Waals surface area contributed by atoms with Crippen LogP contribution in [-0.4, -0.2) is 80.4 Å². The molecule has 2 aromatic rings. The van der Waals surface area contributed by atoms with Gasteiger partial charge in [-0.1, -0.05) is 42.5 Å². The van der Waals surface area contributed by atoms with Gasteiger partial charge in [-0.2, -0.15) is 0 Å². The Labute approximate surface area is 190 Å². The molecule has 32 heavy (non-hydrogen) atoms. The van der Waals surface area contributed by atoms with Gasteiger partial charge in [-0.25, -0.2) is 5.01 Å². The average Bonchev–Trinajstić information content (AvgIpc) is 2.77. The molecule has 0 saturated carbocycles. The molecule has 0 bridgehead atoms. The van der Waals surface area contributed by atoms with E-state index in [4.69, 9.17) is 0 Å². The fraction of sp³-hybridized carbons (Fsp3) is 0.375. The van der Waals surface area contributed by atoms with Crippen molar-refractivity contribution in [3.63, 3.8) is 0 Å². The Morgan fingerprint density at radius 2 is 1.56 bits per heavy atom. The third-order valence-electron chi connectivity index (χ3n) is 5.04. The molecule has 0 radical (unpaired) electrons. The van der Waals surface area contributed by atoms with Crippen LogP contribution in [0.2, 0.25) is 0 Å². The molecule has 0 heterocycles. The number of nitrogens with one attached hydrogen (secondary N) is 2. The van der Waals surface area contributed by atoms with Crippen molar-refractivity contribution in [2.75, 3.05) is 41.8 Å². The van der Waals surface area contributed by atoms with Crippen molar-refractivity contribution >= 4 is 17.7 Å². The summed E-state index contributed by atoms with van der Waals surface area (Å²) in [6, 6.07) is 16.1. The van der Waals surface area contributed by atoms with Gasteiger partial charge in [-0.05, 0) is 30.3 Å². The van der Waals surface area contributed by atoms with E-state index in [1.54, 1.807) is 39.3 Å². The predicted molar refractivity (Wildman–Crippen MR) is 125 cm³/mol. The Kier molecular flexibility index (Phi) is 9.37. The van der Waals surface area contributed by atoms with Gasteiger partial charge in [0.1, 0.15) is 6.04 Å². The lowest BCUT2D eigenvalue weighted by Gasteiger charge is -2.30. The van der Waals surface area contributed by atoms with Gasteiger partial charge in [0.05, 0.1) is 6.54 Å². The number of carbonyl (C=O) groups is 3. The van der Waals surface area contributed by atoms with E-state index in [1.807, 2.05) is 55.6 Å². The van der Waals surface area contributed by atoms with Gasteiger partial charge in [0.2, 0.25) is 5.91 Å². The summed E-state index contributed by atoms with van der Waals surface area (Å²) in [6.45, 7) is 0.515. The van der Waals surface area contributed by atoms with Gasteiger partial charge in [0, 0.05) is 46.7 Å². The molecule has 3 amide bonds. The van der Waals surface area contributed by atoms with Crippen molar-refractivity contribution in [1.82, 2.24) is 25.6 Å². The van der Waals surface area contributed by atoms with Crippen LogP contribution in [0.4, 0.5) is 0 Å². The molecule has 1 unspecified atom stereocenters. The fourth-order valence-electron chi connectivity index (χ4n) is 3.34. The Morgan fingerprint density at radius 3 is 2.19 bits per heavy atom. The van der Waals surface area contributed by atoms with Gasteiger partial charge in [0.25, 0.3) is 11.8 Å². The Morgan fingerprint density at radius 1 is 0.906 bits per heavy atom. The van der Waals surface area contributed by atoms with E-state index >= 15 is 0 Å². The molecular weight excluding hydrogens is 406 g/mol. The van der Waals surface area contributed by atoms with E-state index in [1.165, 1.54) is 9.80 Å². The van der Waals surface area contributed by atoms with E-state index in [2.05, 4.69) is 10.7 Å². The topological polar surface area (TPSA) is 85.0 Å². The molecule has 172 valence electrons. The SMILES string of the molecule is CNCc1cccc(C(=O)N(C)CC(=O)N(C)C(Cc2ccccc2)C(=O)NN(C)C)c1. The number of hydrogen-bond donors (Lipinski definition) is 2. The molecule has 0 aliphatic carbocycles. The molecule has 0 spiro atoms. The summed E-state index contributed by atoms with van der Waals surface area (Å²) < 4.78 is 0. The molecular formula is C24H33N5O3. The second kappa shape index (κ2) is 12.0. The van der Waals surface area contributed by atoms with E-state index in [0.717, 1.165) is 11.1 Å².